The van der Waals surface area contributed by atoms with Gasteiger partial charge < -0.3 is 29.7 Å². The van der Waals surface area contributed by atoms with Crippen molar-refractivity contribution < 1.29 is 37.8 Å². The number of thiazole rings is 1. The minimum Gasteiger partial charge on any atom is -0.467 e. The number of alkyl carbamates (subject to hydrolysis) is 1. The fourth-order valence-corrected chi connectivity index (χ4v) is 7.35. The number of esters is 2. The number of piperazine rings is 1. The molecule has 3 aliphatic rings. The Balaban J connectivity index is 1.21. The standard InChI is InChI=1S/C36H39ClFN7O7S/c1-36(2,3)52-34(48)42-28(33(47)51-5)20-6-9-22(10-7-20)45-18-23-17-43(13-14-44(23)35(45)49)19-26-27(32(46)50-4)29(24-11-8-21(38)16-25(24)37)41-30(40-26)31-39-12-15-53-31/h6-12,15-16,23,28-29H,13-14,17-19H2,1-5H3,(H,40,41)(H,42,48)/t23-,28?,29-/m0/s1. The zero-order chi connectivity index (χ0) is 38.0. The van der Waals surface area contributed by atoms with Crippen LogP contribution in [0.5, 0.6) is 0 Å². The van der Waals surface area contributed by atoms with Crippen LogP contribution in [0.15, 0.2) is 70.3 Å². The molecule has 2 N–H and O–H groups in total. The summed E-state index contributed by atoms with van der Waals surface area (Å²) in [6.07, 6.45) is 0.879. The molecule has 0 radical (unpaired) electrons. The minimum atomic E-state index is -1.12. The van der Waals surface area contributed by atoms with Crippen molar-refractivity contribution >= 4 is 58.5 Å². The van der Waals surface area contributed by atoms with Gasteiger partial charge in [-0.25, -0.2) is 28.6 Å². The van der Waals surface area contributed by atoms with Gasteiger partial charge >= 0.3 is 24.1 Å². The highest BCUT2D eigenvalue weighted by atomic mass is 35.5. The second-order valence-electron chi connectivity index (χ2n) is 13.6. The van der Waals surface area contributed by atoms with Crippen LogP contribution in [0.1, 0.15) is 49.0 Å². The van der Waals surface area contributed by atoms with E-state index in [-0.39, 0.29) is 29.2 Å². The van der Waals surface area contributed by atoms with Crippen LogP contribution in [0.2, 0.25) is 5.02 Å². The average Bonchev–Trinajstić information content (AvgIpc) is 3.77. The summed E-state index contributed by atoms with van der Waals surface area (Å²) in [4.78, 5) is 66.9. The first-order valence-electron chi connectivity index (χ1n) is 16.7. The number of hydrogen-bond donors (Lipinski definition) is 2. The maximum absolute atomic E-state index is 14.1. The van der Waals surface area contributed by atoms with E-state index in [9.17, 15) is 23.6 Å². The monoisotopic (exact) mass is 767 g/mol. The number of nitrogens with zero attached hydrogens (tertiary/aromatic N) is 5. The van der Waals surface area contributed by atoms with E-state index in [2.05, 4.69) is 20.5 Å². The van der Waals surface area contributed by atoms with E-state index >= 15 is 0 Å². The first kappa shape index (κ1) is 37.7. The van der Waals surface area contributed by atoms with E-state index in [0.29, 0.717) is 59.5 Å². The van der Waals surface area contributed by atoms with Gasteiger partial charge in [0.2, 0.25) is 0 Å². The lowest BCUT2D eigenvalue weighted by Gasteiger charge is -2.38. The molecule has 6 rings (SSSR count). The van der Waals surface area contributed by atoms with Crippen LogP contribution >= 0.6 is 22.9 Å². The molecule has 3 aliphatic heterocycles. The summed E-state index contributed by atoms with van der Waals surface area (Å²) in [7, 11) is 2.51. The number of hydrogen-bond acceptors (Lipinski definition) is 12. The molecule has 2 saturated heterocycles. The van der Waals surface area contributed by atoms with Gasteiger partial charge in [0, 0.05) is 66.3 Å². The molecular formula is C36H39ClFN7O7S. The maximum atomic E-state index is 14.1. The summed E-state index contributed by atoms with van der Waals surface area (Å²) in [5, 5.41) is 8.40. The van der Waals surface area contributed by atoms with Crippen LogP contribution < -0.4 is 15.5 Å². The highest BCUT2D eigenvalue weighted by Crippen LogP contribution is 2.37. The van der Waals surface area contributed by atoms with Gasteiger partial charge in [0.05, 0.1) is 25.8 Å². The predicted octanol–water partition coefficient (Wildman–Crippen LogP) is 4.82. The van der Waals surface area contributed by atoms with Crippen LogP contribution in [0, 0.1) is 5.82 Å². The number of carbonyl (C=O) groups is 4. The van der Waals surface area contributed by atoms with Crippen LogP contribution in [0.3, 0.4) is 0 Å². The third kappa shape index (κ3) is 8.29. The third-order valence-electron chi connectivity index (χ3n) is 8.88. The number of carbonyl (C=O) groups excluding carboxylic acids is 4. The summed E-state index contributed by atoms with van der Waals surface area (Å²) in [5.74, 6) is -1.36. The molecule has 0 spiro atoms. The Labute approximate surface area is 314 Å². The van der Waals surface area contributed by atoms with Crippen molar-refractivity contribution in [3.63, 3.8) is 0 Å². The summed E-state index contributed by atoms with van der Waals surface area (Å²) in [6.45, 7) is 7.27. The second kappa shape index (κ2) is 15.5. The van der Waals surface area contributed by atoms with Gasteiger partial charge in [-0.2, -0.15) is 0 Å². The third-order valence-corrected chi connectivity index (χ3v) is 9.99. The largest absolute Gasteiger partial charge is 0.467 e. The maximum Gasteiger partial charge on any atom is 0.408 e. The Kier molecular flexibility index (Phi) is 11.0. The number of fused-ring (bicyclic) bond motifs is 1. The van der Waals surface area contributed by atoms with Gasteiger partial charge in [-0.05, 0) is 50.6 Å². The van der Waals surface area contributed by atoms with Crippen molar-refractivity contribution in [2.24, 2.45) is 4.99 Å². The topological polar surface area (TPSA) is 155 Å². The SMILES string of the molecule is COC(=O)C1=C(CN2CCN3C(=O)N(c4ccc(C(NC(=O)OC(C)(C)C)C(=O)OC)cc4)C[C@@H]3C2)NC(c2nccs2)=N[C@H]1c1ccc(F)cc1Cl. The van der Waals surface area contributed by atoms with Crippen LogP contribution in [-0.2, 0) is 23.8 Å². The molecule has 0 saturated carbocycles. The molecule has 4 heterocycles. The molecule has 0 bridgehead atoms. The number of urea groups is 1. The lowest BCUT2D eigenvalue weighted by Crippen LogP contribution is -2.53. The van der Waals surface area contributed by atoms with Gasteiger partial charge in [-0.3, -0.25) is 14.8 Å². The molecule has 2 aromatic carbocycles. The van der Waals surface area contributed by atoms with Gasteiger partial charge in [0.1, 0.15) is 17.5 Å². The number of methoxy groups -OCH3 is 2. The van der Waals surface area contributed by atoms with E-state index in [1.807, 2.05) is 10.3 Å². The van der Waals surface area contributed by atoms with Crippen molar-refractivity contribution in [2.75, 3.05) is 51.8 Å². The van der Waals surface area contributed by atoms with Gasteiger partial charge in [0.15, 0.2) is 16.9 Å². The van der Waals surface area contributed by atoms with Crippen LogP contribution in [0.4, 0.5) is 19.7 Å². The molecule has 280 valence electrons. The van der Waals surface area contributed by atoms with Crippen LogP contribution in [-0.4, -0.2) is 103 Å². The average molecular weight is 768 g/mol. The summed E-state index contributed by atoms with van der Waals surface area (Å²) in [6, 6.07) is 8.37. The zero-order valence-electron chi connectivity index (χ0n) is 29.7. The highest BCUT2D eigenvalue weighted by Gasteiger charge is 2.42. The molecular weight excluding hydrogens is 729 g/mol. The number of aromatic nitrogens is 1. The van der Waals surface area contributed by atoms with E-state index in [4.69, 9.17) is 30.8 Å². The quantitative estimate of drug-likeness (QED) is 0.229. The Hall–Kier alpha value is -5.06. The fourth-order valence-electron chi connectivity index (χ4n) is 6.49. The number of ether oxygens (including phenoxy) is 3. The summed E-state index contributed by atoms with van der Waals surface area (Å²) in [5.41, 5.74) is 1.52. The van der Waals surface area contributed by atoms with Crippen LogP contribution in [0.25, 0.3) is 0 Å². The number of nitrogens with one attached hydrogen (secondary N) is 2. The molecule has 14 nitrogen and oxygen atoms in total. The van der Waals surface area contributed by atoms with Crippen molar-refractivity contribution in [3.8, 4) is 0 Å². The van der Waals surface area contributed by atoms with E-state index < -0.39 is 41.5 Å². The second-order valence-corrected chi connectivity index (χ2v) is 14.9. The minimum absolute atomic E-state index is 0.117. The van der Waals surface area contributed by atoms with E-state index in [1.165, 1.54) is 43.8 Å². The summed E-state index contributed by atoms with van der Waals surface area (Å²) < 4.78 is 29.5. The number of anilines is 1. The Morgan fingerprint density at radius 1 is 1.09 bits per heavy atom. The smallest absolute Gasteiger partial charge is 0.408 e. The van der Waals surface area contributed by atoms with E-state index in [0.717, 1.165) is 0 Å². The van der Waals surface area contributed by atoms with Gasteiger partial charge in [0.25, 0.3) is 0 Å². The van der Waals surface area contributed by atoms with E-state index in [1.54, 1.807) is 56.1 Å². The molecule has 3 aromatic rings. The number of aliphatic imine (C=N–C) groups is 1. The molecule has 3 amide bonds. The normalized spacial score (nSPS) is 19.6. The Morgan fingerprint density at radius 3 is 2.49 bits per heavy atom. The van der Waals surface area contributed by atoms with Gasteiger partial charge in [-0.15, -0.1) is 11.3 Å². The van der Waals surface area contributed by atoms with Crippen molar-refractivity contribution in [1.29, 1.82) is 0 Å². The number of amides is 3. The molecule has 2 fully saturated rings. The number of benzene rings is 2. The van der Waals surface area contributed by atoms with Crippen molar-refractivity contribution in [3.05, 3.63) is 92.3 Å². The van der Waals surface area contributed by atoms with Crippen molar-refractivity contribution in [1.82, 2.24) is 25.4 Å². The number of rotatable bonds is 9. The fraction of sp³-hybridized carbons (Fsp3) is 0.389. The molecule has 0 aliphatic carbocycles. The first-order chi connectivity index (χ1) is 25.3. The Bertz CT molecular complexity index is 1950. The molecule has 1 aromatic heterocycles. The summed E-state index contributed by atoms with van der Waals surface area (Å²) >= 11 is 7.87. The molecule has 1 unspecified atom stereocenters. The lowest BCUT2D eigenvalue weighted by molar-refractivity contribution is -0.143. The zero-order valence-corrected chi connectivity index (χ0v) is 31.3. The molecule has 3 atom stereocenters. The number of halogens is 2. The number of amidine groups is 1. The lowest BCUT2D eigenvalue weighted by atomic mass is 9.95. The van der Waals surface area contributed by atoms with Gasteiger partial charge in [-0.1, -0.05) is 29.8 Å². The highest BCUT2D eigenvalue weighted by molar-refractivity contribution is 7.11. The predicted molar refractivity (Wildman–Crippen MR) is 195 cm³/mol. The van der Waals surface area contributed by atoms with Crippen molar-refractivity contribution in [2.45, 2.75) is 44.5 Å². The molecule has 53 heavy (non-hydrogen) atoms. The Morgan fingerprint density at radius 2 is 1.85 bits per heavy atom. The first-order valence-corrected chi connectivity index (χ1v) is 18.0. The molecule has 17 heteroatoms.